The Kier molecular flexibility index (Phi) is 4.73. The maximum atomic E-state index is 13.1. The van der Waals surface area contributed by atoms with Crippen molar-refractivity contribution in [2.45, 2.75) is 18.1 Å². The average Bonchev–Trinajstić information content (AvgIpc) is 3.02. The number of rotatable bonds is 3. The second-order valence-corrected chi connectivity index (χ2v) is 8.13. The fourth-order valence-corrected chi connectivity index (χ4v) is 2.99. The highest BCUT2D eigenvalue weighted by atomic mass is 35.5. The van der Waals surface area contributed by atoms with Crippen molar-refractivity contribution >= 4 is 21.4 Å². The van der Waals surface area contributed by atoms with Gasteiger partial charge in [0.1, 0.15) is 0 Å². The highest BCUT2D eigenvalue weighted by Crippen LogP contribution is 2.31. The van der Waals surface area contributed by atoms with Crippen LogP contribution in [0.5, 0.6) is 0 Å². The molecule has 0 unspecified atom stereocenters. The highest BCUT2D eigenvalue weighted by molar-refractivity contribution is 7.90. The molecule has 0 atom stereocenters. The molecule has 0 N–H and O–H groups in total. The molecule has 0 bridgehead atoms. The van der Waals surface area contributed by atoms with Crippen molar-refractivity contribution in [3.05, 3.63) is 52.9 Å². The van der Waals surface area contributed by atoms with Crippen LogP contribution in [0.2, 0.25) is 5.02 Å². The molecule has 0 aliphatic carbocycles. The SMILES string of the molecule is Cc1ccc(-c2nc(C(F)(F)F)nn2-c2ccc(S(C)(=O)=O)nc2)cc1Cl. The molecular formula is C16H12ClF3N4O2S. The number of nitrogens with zero attached hydrogens (tertiary/aromatic N) is 4. The Hall–Kier alpha value is -2.46. The van der Waals surface area contributed by atoms with Crippen LogP contribution in [0.25, 0.3) is 17.1 Å². The predicted molar refractivity (Wildman–Crippen MR) is 92.4 cm³/mol. The van der Waals surface area contributed by atoms with E-state index in [1.165, 1.54) is 18.2 Å². The van der Waals surface area contributed by atoms with Gasteiger partial charge in [-0.05, 0) is 30.7 Å². The average molecular weight is 417 g/mol. The van der Waals surface area contributed by atoms with Crippen LogP contribution in [0.15, 0.2) is 41.6 Å². The van der Waals surface area contributed by atoms with Crippen molar-refractivity contribution in [3.63, 3.8) is 0 Å². The molecule has 3 rings (SSSR count). The van der Waals surface area contributed by atoms with E-state index in [4.69, 9.17) is 11.6 Å². The fraction of sp³-hybridized carbons (Fsp3) is 0.188. The number of hydrogen-bond donors (Lipinski definition) is 0. The smallest absolute Gasteiger partial charge is 0.242 e. The molecule has 3 aromatic rings. The van der Waals surface area contributed by atoms with Crippen LogP contribution in [0.3, 0.4) is 0 Å². The topological polar surface area (TPSA) is 77.7 Å². The Morgan fingerprint density at radius 3 is 2.37 bits per heavy atom. The predicted octanol–water partition coefficient (Wildman–Crippen LogP) is 3.71. The highest BCUT2D eigenvalue weighted by Gasteiger charge is 2.37. The summed E-state index contributed by atoms with van der Waals surface area (Å²) in [4.78, 5) is 7.37. The molecule has 0 saturated heterocycles. The minimum absolute atomic E-state index is 0.0990. The van der Waals surface area contributed by atoms with Gasteiger partial charge in [-0.15, -0.1) is 5.10 Å². The Morgan fingerprint density at radius 1 is 1.15 bits per heavy atom. The normalized spacial score (nSPS) is 12.4. The second kappa shape index (κ2) is 6.61. The fourth-order valence-electron chi connectivity index (χ4n) is 2.25. The third-order valence-corrected chi connectivity index (χ3v) is 5.04. The molecular weight excluding hydrogens is 405 g/mol. The maximum absolute atomic E-state index is 13.1. The Balaban J connectivity index is 2.19. The van der Waals surface area contributed by atoms with Crippen molar-refractivity contribution in [1.82, 2.24) is 19.7 Å². The van der Waals surface area contributed by atoms with Gasteiger partial charge in [-0.25, -0.2) is 23.1 Å². The van der Waals surface area contributed by atoms with Crippen molar-refractivity contribution < 1.29 is 21.6 Å². The van der Waals surface area contributed by atoms with Crippen LogP contribution in [0.4, 0.5) is 13.2 Å². The van der Waals surface area contributed by atoms with Gasteiger partial charge in [-0.1, -0.05) is 23.7 Å². The van der Waals surface area contributed by atoms with Crippen LogP contribution < -0.4 is 0 Å². The lowest BCUT2D eigenvalue weighted by Gasteiger charge is -2.07. The number of halogens is 4. The summed E-state index contributed by atoms with van der Waals surface area (Å²) in [6.07, 6.45) is -2.66. The monoisotopic (exact) mass is 416 g/mol. The third kappa shape index (κ3) is 3.96. The summed E-state index contributed by atoms with van der Waals surface area (Å²) in [6, 6.07) is 7.19. The van der Waals surface area contributed by atoms with Crippen LogP contribution >= 0.6 is 11.6 Å². The summed E-state index contributed by atoms with van der Waals surface area (Å²) in [6.45, 7) is 1.76. The van der Waals surface area contributed by atoms with Crippen LogP contribution in [-0.2, 0) is 16.0 Å². The summed E-state index contributed by atoms with van der Waals surface area (Å²) >= 11 is 6.07. The molecule has 2 heterocycles. The minimum Gasteiger partial charge on any atom is -0.242 e. The van der Waals surface area contributed by atoms with E-state index in [9.17, 15) is 21.6 Å². The zero-order valence-electron chi connectivity index (χ0n) is 14.0. The van der Waals surface area contributed by atoms with Gasteiger partial charge in [0, 0.05) is 16.8 Å². The van der Waals surface area contributed by atoms with Gasteiger partial charge in [0.25, 0.3) is 5.82 Å². The molecule has 0 fully saturated rings. The van der Waals surface area contributed by atoms with Gasteiger partial charge in [0.05, 0.1) is 11.9 Å². The first-order valence-corrected chi connectivity index (χ1v) is 9.71. The molecule has 11 heteroatoms. The number of aromatic nitrogens is 4. The second-order valence-electron chi connectivity index (χ2n) is 5.76. The third-order valence-electron chi connectivity index (χ3n) is 3.64. The quantitative estimate of drug-likeness (QED) is 0.650. The first kappa shape index (κ1) is 19.3. The van der Waals surface area contributed by atoms with Crippen molar-refractivity contribution in [1.29, 1.82) is 0 Å². The summed E-state index contributed by atoms with van der Waals surface area (Å²) < 4.78 is 63.3. The molecule has 6 nitrogen and oxygen atoms in total. The molecule has 27 heavy (non-hydrogen) atoms. The van der Waals surface area contributed by atoms with Crippen molar-refractivity contribution in [3.8, 4) is 17.1 Å². The van der Waals surface area contributed by atoms with E-state index in [0.717, 1.165) is 22.7 Å². The van der Waals surface area contributed by atoms with Gasteiger partial charge in [-0.2, -0.15) is 13.2 Å². The summed E-state index contributed by atoms with van der Waals surface area (Å²) in [7, 11) is -3.55. The van der Waals surface area contributed by atoms with E-state index >= 15 is 0 Å². The van der Waals surface area contributed by atoms with E-state index in [1.54, 1.807) is 19.1 Å². The number of hydrogen-bond acceptors (Lipinski definition) is 5. The van der Waals surface area contributed by atoms with E-state index in [1.807, 2.05) is 0 Å². The van der Waals surface area contributed by atoms with E-state index < -0.39 is 21.8 Å². The maximum Gasteiger partial charge on any atom is 0.453 e. The Labute approximate surface area is 157 Å². The van der Waals surface area contributed by atoms with E-state index in [-0.39, 0.29) is 16.5 Å². The minimum atomic E-state index is -4.76. The Bertz CT molecular complexity index is 1110. The molecule has 0 aliphatic rings. The van der Waals surface area contributed by atoms with Gasteiger partial charge < -0.3 is 0 Å². The van der Waals surface area contributed by atoms with Crippen molar-refractivity contribution in [2.24, 2.45) is 0 Å². The largest absolute Gasteiger partial charge is 0.453 e. The number of alkyl halides is 3. The summed E-state index contributed by atoms with van der Waals surface area (Å²) in [5, 5.41) is 3.68. The molecule has 1 aromatic carbocycles. The van der Waals surface area contributed by atoms with Crippen LogP contribution in [-0.4, -0.2) is 34.4 Å². The van der Waals surface area contributed by atoms with Crippen LogP contribution in [0.1, 0.15) is 11.4 Å². The number of aryl methyl sites for hydroxylation is 1. The van der Waals surface area contributed by atoms with E-state index in [2.05, 4.69) is 15.1 Å². The lowest BCUT2D eigenvalue weighted by Crippen LogP contribution is -2.09. The molecule has 0 spiro atoms. The first-order valence-electron chi connectivity index (χ1n) is 7.44. The molecule has 142 valence electrons. The lowest BCUT2D eigenvalue weighted by molar-refractivity contribution is -0.144. The summed E-state index contributed by atoms with van der Waals surface area (Å²) in [5.41, 5.74) is 1.19. The van der Waals surface area contributed by atoms with E-state index in [0.29, 0.717) is 10.6 Å². The lowest BCUT2D eigenvalue weighted by atomic mass is 10.1. The number of sulfone groups is 1. The number of pyridine rings is 1. The molecule has 0 amide bonds. The summed E-state index contributed by atoms with van der Waals surface area (Å²) in [5.74, 6) is -1.43. The van der Waals surface area contributed by atoms with Gasteiger partial charge in [0.15, 0.2) is 20.7 Å². The number of benzene rings is 1. The zero-order chi connectivity index (χ0) is 20.0. The Morgan fingerprint density at radius 2 is 1.85 bits per heavy atom. The van der Waals surface area contributed by atoms with Gasteiger partial charge >= 0.3 is 6.18 Å². The molecule has 0 radical (unpaired) electrons. The van der Waals surface area contributed by atoms with Gasteiger partial charge in [-0.3, -0.25) is 0 Å². The first-order chi connectivity index (χ1) is 12.5. The molecule has 2 aromatic heterocycles. The van der Waals surface area contributed by atoms with Crippen molar-refractivity contribution in [2.75, 3.05) is 6.26 Å². The molecule has 0 aliphatic heterocycles. The van der Waals surface area contributed by atoms with Gasteiger partial charge in [0.2, 0.25) is 0 Å². The standard InChI is InChI=1S/C16H12ClF3N4O2S/c1-9-3-4-10(7-12(9)17)14-22-15(16(18,19)20)23-24(14)11-5-6-13(21-8-11)27(2,25)26/h3-8H,1-2H3. The zero-order valence-corrected chi connectivity index (χ0v) is 15.6. The molecule has 0 saturated carbocycles. The van der Waals surface area contributed by atoms with Crippen LogP contribution in [0, 0.1) is 6.92 Å².